The summed E-state index contributed by atoms with van der Waals surface area (Å²) in [4.78, 5) is 12.6. The fourth-order valence-corrected chi connectivity index (χ4v) is 8.55. The Morgan fingerprint density at radius 2 is 1.35 bits per heavy atom. The van der Waals surface area contributed by atoms with Gasteiger partial charge in [-0.3, -0.25) is 4.79 Å². The first-order valence-corrected chi connectivity index (χ1v) is 21.7. The zero-order valence-electron chi connectivity index (χ0n) is 33.4. The third kappa shape index (κ3) is 11.4. The number of anilines is 1. The molecule has 0 bridgehead atoms. The number of hydrogen-bond donors (Lipinski definition) is 1. The molecule has 15 nitrogen and oxygen atoms in total. The van der Waals surface area contributed by atoms with Gasteiger partial charge in [0.1, 0.15) is 26.8 Å². The molecule has 2 aromatic carbocycles. The molecule has 0 fully saturated rings. The van der Waals surface area contributed by atoms with Crippen molar-refractivity contribution in [1.82, 2.24) is 0 Å². The zero-order chi connectivity index (χ0) is 41.9. The van der Waals surface area contributed by atoms with Gasteiger partial charge in [0.25, 0.3) is 0 Å². The minimum absolute atomic E-state index is 0.0439. The lowest BCUT2D eigenvalue weighted by atomic mass is 9.76. The van der Waals surface area contributed by atoms with Crippen molar-refractivity contribution < 1.29 is 64.1 Å². The molecule has 17 heteroatoms. The standard InChI is InChI=1S/C40H56N2O13S2/c1-39(17-21-54-26-24-52-4)32-28-30(56(45,46)47)13-15-34(32)41(19-8-6-7-12-38(43)44)36(39)10-9-11-37-40(2,18-22-55-27-25-53-5)33-29-31(57(48,49)50)14-16-35(33)42(37)20-23-51-3/h9-11,13-16,28-29H,6-8,12,17-27H2,1-5H3,(H2-,43,44,45,46,47,48,49,50)/p-1. The lowest BCUT2D eigenvalue weighted by Crippen LogP contribution is -2.33. The molecule has 0 spiro atoms. The Labute approximate surface area is 336 Å². The van der Waals surface area contributed by atoms with E-state index in [1.807, 2.05) is 37.0 Å². The number of ether oxygens (including phenoxy) is 5. The Kier molecular flexibility index (Phi) is 16.6. The molecule has 4 rings (SSSR count). The summed E-state index contributed by atoms with van der Waals surface area (Å²) < 4.78 is 103. The second kappa shape index (κ2) is 20.4. The smallest absolute Gasteiger partial charge is 0.303 e. The number of hydrogen-bond acceptors (Lipinski definition) is 13. The Morgan fingerprint density at radius 1 is 0.772 bits per heavy atom. The zero-order valence-corrected chi connectivity index (χ0v) is 35.0. The average molecular weight is 836 g/mol. The normalized spacial score (nSPS) is 20.3. The maximum Gasteiger partial charge on any atom is 0.303 e. The minimum Gasteiger partial charge on any atom is -0.744 e. The van der Waals surface area contributed by atoms with Gasteiger partial charge in [-0.1, -0.05) is 6.08 Å². The maximum absolute atomic E-state index is 12.3. The molecule has 1 N–H and O–H groups in total. The molecule has 2 aromatic rings. The van der Waals surface area contributed by atoms with Crippen LogP contribution in [0.5, 0.6) is 0 Å². The molecule has 2 aliphatic rings. The van der Waals surface area contributed by atoms with Gasteiger partial charge in [-0.2, -0.15) is 4.58 Å². The van der Waals surface area contributed by atoms with Crippen LogP contribution >= 0.6 is 0 Å². The van der Waals surface area contributed by atoms with Gasteiger partial charge in [0.05, 0.1) is 48.2 Å². The first-order valence-electron chi connectivity index (χ1n) is 18.9. The van der Waals surface area contributed by atoms with Crippen LogP contribution in [0.25, 0.3) is 0 Å². The number of carboxylic acids is 1. The lowest BCUT2D eigenvalue weighted by molar-refractivity contribution is -0.438. The molecular formula is C40H55N2O13S2-. The van der Waals surface area contributed by atoms with Crippen molar-refractivity contribution in [3.63, 3.8) is 0 Å². The fourth-order valence-electron chi connectivity index (χ4n) is 7.56. The Balaban J connectivity index is 1.87. The van der Waals surface area contributed by atoms with E-state index < -0.39 is 37.0 Å². The monoisotopic (exact) mass is 835 g/mol. The van der Waals surface area contributed by atoms with Crippen LogP contribution in [-0.2, 0) is 59.5 Å². The van der Waals surface area contributed by atoms with E-state index in [1.54, 1.807) is 33.5 Å². The molecule has 57 heavy (non-hydrogen) atoms. The van der Waals surface area contributed by atoms with E-state index in [4.69, 9.17) is 23.7 Å². The number of allylic oxidation sites excluding steroid dienone is 4. The summed E-state index contributed by atoms with van der Waals surface area (Å²) in [5.41, 5.74) is 2.73. The first-order chi connectivity index (χ1) is 27.0. The number of carboxylic acid groups (broad SMARTS) is 1. The van der Waals surface area contributed by atoms with Crippen LogP contribution in [0.2, 0.25) is 0 Å². The number of aliphatic carboxylic acids is 1. The summed E-state index contributed by atoms with van der Waals surface area (Å²) in [6, 6.07) is 8.78. The van der Waals surface area contributed by atoms with E-state index in [0.29, 0.717) is 103 Å². The third-order valence-corrected chi connectivity index (χ3v) is 12.3. The van der Waals surface area contributed by atoms with Gasteiger partial charge >= 0.3 is 5.97 Å². The Bertz CT molecular complexity index is 2030. The number of methoxy groups -OCH3 is 3. The van der Waals surface area contributed by atoms with Gasteiger partial charge in [0.15, 0.2) is 5.71 Å². The first kappa shape index (κ1) is 46.2. The quantitative estimate of drug-likeness (QED) is 0.0834. The molecule has 2 unspecified atom stereocenters. The summed E-state index contributed by atoms with van der Waals surface area (Å²) in [6.07, 6.45) is 8.46. The van der Waals surface area contributed by atoms with Crippen LogP contribution in [0.4, 0.5) is 11.4 Å². The summed E-state index contributed by atoms with van der Waals surface area (Å²) in [6.45, 7) is 7.30. The van der Waals surface area contributed by atoms with Crippen LogP contribution in [0, 0.1) is 0 Å². The van der Waals surface area contributed by atoms with E-state index in [1.165, 1.54) is 24.3 Å². The molecule has 0 radical (unpaired) electrons. The van der Waals surface area contributed by atoms with Gasteiger partial charge in [0, 0.05) is 88.4 Å². The highest BCUT2D eigenvalue weighted by atomic mass is 32.2. The van der Waals surface area contributed by atoms with E-state index in [0.717, 1.165) is 22.8 Å². The highest BCUT2D eigenvalue weighted by molar-refractivity contribution is 7.86. The van der Waals surface area contributed by atoms with Gasteiger partial charge < -0.3 is 42.8 Å². The molecule has 0 saturated carbocycles. The number of nitrogens with zero attached hydrogens (tertiary/aromatic N) is 2. The molecule has 2 aliphatic heterocycles. The molecule has 0 amide bonds. The van der Waals surface area contributed by atoms with Crippen LogP contribution < -0.4 is 4.90 Å². The number of benzene rings is 2. The molecule has 0 saturated heterocycles. The predicted molar refractivity (Wildman–Crippen MR) is 210 cm³/mol. The topological polar surface area (TPSA) is 204 Å². The molecule has 2 heterocycles. The largest absolute Gasteiger partial charge is 0.744 e. The SMILES string of the molecule is COCCOCCC1(C)C(/C=C/C=C2/N(CCOC)c3ccc(S(=O)(=O)[O-])cc3C2(C)CCOCCOC)=[N+](CCCCCC(=O)O)c2ccc(S(=O)(=O)[O-])cc21. The lowest BCUT2D eigenvalue weighted by Gasteiger charge is -2.30. The van der Waals surface area contributed by atoms with Crippen molar-refractivity contribution in [2.45, 2.75) is 73.0 Å². The summed E-state index contributed by atoms with van der Waals surface area (Å²) in [7, 11) is -4.80. The van der Waals surface area contributed by atoms with E-state index in [2.05, 4.69) is 4.58 Å². The van der Waals surface area contributed by atoms with Gasteiger partial charge in [-0.05, 0) is 81.5 Å². The number of rotatable bonds is 25. The fraction of sp³-hybridized carbons (Fsp3) is 0.550. The van der Waals surface area contributed by atoms with Crippen molar-refractivity contribution in [3.05, 3.63) is 71.5 Å². The molecule has 2 atom stereocenters. The van der Waals surface area contributed by atoms with Crippen molar-refractivity contribution in [1.29, 1.82) is 0 Å². The van der Waals surface area contributed by atoms with Crippen molar-refractivity contribution in [3.8, 4) is 0 Å². The maximum atomic E-state index is 12.3. The second-order valence-electron chi connectivity index (χ2n) is 14.4. The Morgan fingerprint density at radius 3 is 1.93 bits per heavy atom. The van der Waals surface area contributed by atoms with Crippen LogP contribution in [-0.4, -0.2) is 128 Å². The number of fused-ring (bicyclic) bond motifs is 2. The molecule has 0 aromatic heterocycles. The van der Waals surface area contributed by atoms with Crippen LogP contribution in [0.3, 0.4) is 0 Å². The molecule has 316 valence electrons. The van der Waals surface area contributed by atoms with Gasteiger partial charge in [-0.15, -0.1) is 0 Å². The van der Waals surface area contributed by atoms with Crippen LogP contribution in [0.15, 0.2) is 70.1 Å². The highest BCUT2D eigenvalue weighted by Gasteiger charge is 2.48. The van der Waals surface area contributed by atoms with Crippen molar-refractivity contribution in [2.75, 3.05) is 85.6 Å². The van der Waals surface area contributed by atoms with E-state index in [9.17, 15) is 35.8 Å². The second-order valence-corrected chi connectivity index (χ2v) is 17.2. The predicted octanol–water partition coefficient (Wildman–Crippen LogP) is 4.47. The summed E-state index contributed by atoms with van der Waals surface area (Å²) in [5, 5.41) is 9.19. The van der Waals surface area contributed by atoms with Crippen molar-refractivity contribution in [2.24, 2.45) is 0 Å². The van der Waals surface area contributed by atoms with Crippen molar-refractivity contribution >= 4 is 43.3 Å². The van der Waals surface area contributed by atoms with Gasteiger partial charge in [-0.25, -0.2) is 16.8 Å². The van der Waals surface area contributed by atoms with E-state index >= 15 is 0 Å². The van der Waals surface area contributed by atoms with E-state index in [-0.39, 0.29) is 16.2 Å². The average Bonchev–Trinajstić information content (AvgIpc) is 3.52. The van der Waals surface area contributed by atoms with Gasteiger partial charge in [0.2, 0.25) is 5.69 Å². The Hall–Kier alpha value is -3.52. The number of unbranched alkanes of at least 4 members (excludes halogenated alkanes) is 2. The summed E-state index contributed by atoms with van der Waals surface area (Å²) in [5.74, 6) is -0.870. The summed E-state index contributed by atoms with van der Waals surface area (Å²) >= 11 is 0. The third-order valence-electron chi connectivity index (χ3n) is 10.7. The molecule has 0 aliphatic carbocycles. The molecular weight excluding hydrogens is 781 g/mol. The highest BCUT2D eigenvalue weighted by Crippen LogP contribution is 2.51. The number of carbonyl (C=O) groups is 1. The minimum atomic E-state index is -4.78. The van der Waals surface area contributed by atoms with Crippen LogP contribution in [0.1, 0.15) is 63.5 Å².